The van der Waals surface area contributed by atoms with Crippen molar-refractivity contribution in [3.05, 3.63) is 102 Å². The molecule has 4 rings (SSSR count). The molecule has 1 N–H and O–H groups in total. The van der Waals surface area contributed by atoms with Gasteiger partial charge >= 0.3 is 6.03 Å². The number of nitrogens with zero attached hydrogens (tertiary/aromatic N) is 1. The zero-order valence-corrected chi connectivity index (χ0v) is 16.1. The summed E-state index contributed by atoms with van der Waals surface area (Å²) in [5, 5.41) is 5.04. The fourth-order valence-electron chi connectivity index (χ4n) is 3.30. The third-order valence-corrected chi connectivity index (χ3v) is 4.75. The summed E-state index contributed by atoms with van der Waals surface area (Å²) in [6.45, 7) is 2.50. The number of halogens is 1. The Bertz CT molecular complexity index is 1130. The monoisotopic (exact) mass is 388 g/mol. The van der Waals surface area contributed by atoms with E-state index in [4.69, 9.17) is 4.42 Å². The third-order valence-electron chi connectivity index (χ3n) is 4.75. The molecule has 0 saturated carbocycles. The Morgan fingerprint density at radius 3 is 2.45 bits per heavy atom. The highest BCUT2D eigenvalue weighted by molar-refractivity contribution is 6.01. The third kappa shape index (κ3) is 4.46. The average Bonchev–Trinajstić information content (AvgIpc) is 3.14. The maximum Gasteiger partial charge on any atom is 0.322 e. The molecule has 4 aromatic rings. The van der Waals surface area contributed by atoms with Crippen molar-refractivity contribution in [2.75, 3.05) is 5.32 Å². The molecule has 4 nitrogen and oxygen atoms in total. The Labute approximate surface area is 168 Å². The Morgan fingerprint density at radius 1 is 0.931 bits per heavy atom. The van der Waals surface area contributed by atoms with Gasteiger partial charge in [0.05, 0.1) is 12.2 Å². The fourth-order valence-corrected chi connectivity index (χ4v) is 3.30. The lowest BCUT2D eigenvalue weighted by atomic mass is 10.1. The molecule has 0 aliphatic carbocycles. The molecule has 0 aliphatic rings. The lowest BCUT2D eigenvalue weighted by Gasteiger charge is -2.23. The lowest BCUT2D eigenvalue weighted by molar-refractivity contribution is 0.201. The van der Waals surface area contributed by atoms with Crippen LogP contribution in [0, 0.1) is 12.7 Å². The molecule has 0 spiro atoms. The Balaban J connectivity index is 1.60. The quantitative estimate of drug-likeness (QED) is 0.448. The van der Waals surface area contributed by atoms with E-state index in [-0.39, 0.29) is 11.8 Å². The highest BCUT2D eigenvalue weighted by Gasteiger charge is 2.17. The van der Waals surface area contributed by atoms with Gasteiger partial charge < -0.3 is 14.6 Å². The standard InChI is InChI=1S/C24H21FN2O2/c1-17-9-14-21(29-17)16-27(15-18-10-12-20(25)13-11-18)24(28)26-23-8-4-6-19-5-2-3-7-22(19)23/h2-14H,15-16H2,1H3,(H,26,28). The van der Waals surface area contributed by atoms with Gasteiger partial charge in [-0.15, -0.1) is 0 Å². The number of carbonyl (C=O) groups is 1. The van der Waals surface area contributed by atoms with E-state index >= 15 is 0 Å². The molecule has 0 radical (unpaired) electrons. The summed E-state index contributed by atoms with van der Waals surface area (Å²) < 4.78 is 18.9. The molecule has 5 heteroatoms. The van der Waals surface area contributed by atoms with Gasteiger partial charge in [-0.05, 0) is 48.2 Å². The van der Waals surface area contributed by atoms with Gasteiger partial charge in [-0.3, -0.25) is 0 Å². The van der Waals surface area contributed by atoms with Crippen LogP contribution in [0.4, 0.5) is 14.9 Å². The van der Waals surface area contributed by atoms with Crippen LogP contribution in [-0.4, -0.2) is 10.9 Å². The van der Waals surface area contributed by atoms with Gasteiger partial charge in [0.25, 0.3) is 0 Å². The maximum absolute atomic E-state index is 13.3. The smallest absolute Gasteiger partial charge is 0.322 e. The molecule has 0 bridgehead atoms. The van der Waals surface area contributed by atoms with Crippen LogP contribution in [0.3, 0.4) is 0 Å². The van der Waals surface area contributed by atoms with Crippen LogP contribution >= 0.6 is 0 Å². The highest BCUT2D eigenvalue weighted by Crippen LogP contribution is 2.24. The van der Waals surface area contributed by atoms with Crippen LogP contribution in [0.2, 0.25) is 0 Å². The first-order chi connectivity index (χ1) is 14.1. The maximum atomic E-state index is 13.3. The van der Waals surface area contributed by atoms with E-state index < -0.39 is 0 Å². The SMILES string of the molecule is Cc1ccc(CN(Cc2ccc(F)cc2)C(=O)Nc2cccc3ccccc23)o1. The van der Waals surface area contributed by atoms with Crippen molar-refractivity contribution in [2.45, 2.75) is 20.0 Å². The number of benzene rings is 3. The summed E-state index contributed by atoms with van der Waals surface area (Å²) in [6.07, 6.45) is 0. The molecule has 3 aromatic carbocycles. The van der Waals surface area contributed by atoms with Gasteiger partial charge in [0, 0.05) is 11.9 Å². The molecule has 0 saturated heterocycles. The van der Waals surface area contributed by atoms with Crippen LogP contribution in [0.1, 0.15) is 17.1 Å². The van der Waals surface area contributed by atoms with E-state index in [1.54, 1.807) is 17.0 Å². The van der Waals surface area contributed by atoms with Gasteiger partial charge in [0.2, 0.25) is 0 Å². The summed E-state index contributed by atoms with van der Waals surface area (Å²) in [7, 11) is 0. The second-order valence-corrected chi connectivity index (χ2v) is 6.95. The normalized spacial score (nSPS) is 10.8. The zero-order valence-electron chi connectivity index (χ0n) is 16.1. The average molecular weight is 388 g/mol. The number of nitrogens with one attached hydrogen (secondary N) is 1. The van der Waals surface area contributed by atoms with Crippen LogP contribution in [0.25, 0.3) is 10.8 Å². The number of aryl methyl sites for hydroxylation is 1. The van der Waals surface area contributed by atoms with Crippen molar-refractivity contribution in [1.82, 2.24) is 4.90 Å². The molecule has 0 fully saturated rings. The van der Waals surface area contributed by atoms with Gasteiger partial charge in [-0.25, -0.2) is 9.18 Å². The van der Waals surface area contributed by atoms with Crippen molar-refractivity contribution in [3.8, 4) is 0 Å². The second kappa shape index (κ2) is 8.19. The molecule has 2 amide bonds. The number of hydrogen-bond donors (Lipinski definition) is 1. The van der Waals surface area contributed by atoms with Gasteiger partial charge in [0.1, 0.15) is 17.3 Å². The molecule has 0 atom stereocenters. The summed E-state index contributed by atoms with van der Waals surface area (Å²) in [6, 6.07) is 23.3. The predicted octanol–water partition coefficient (Wildman–Crippen LogP) is 6.11. The highest BCUT2D eigenvalue weighted by atomic mass is 19.1. The Hall–Kier alpha value is -3.60. The molecule has 1 heterocycles. The van der Waals surface area contributed by atoms with E-state index in [0.29, 0.717) is 18.8 Å². The number of rotatable bonds is 5. The van der Waals surface area contributed by atoms with Crippen LogP contribution in [0.5, 0.6) is 0 Å². The Kier molecular flexibility index (Phi) is 5.29. The van der Waals surface area contributed by atoms with Crippen molar-refractivity contribution in [3.63, 3.8) is 0 Å². The first kappa shape index (κ1) is 18.7. The van der Waals surface area contributed by atoms with Crippen LogP contribution in [0.15, 0.2) is 83.3 Å². The number of hydrogen-bond acceptors (Lipinski definition) is 2. The van der Waals surface area contributed by atoms with E-state index in [2.05, 4.69) is 5.32 Å². The fraction of sp³-hybridized carbons (Fsp3) is 0.125. The van der Waals surface area contributed by atoms with Crippen molar-refractivity contribution >= 4 is 22.5 Å². The first-order valence-electron chi connectivity index (χ1n) is 9.42. The number of furan rings is 1. The van der Waals surface area contributed by atoms with E-state index in [1.807, 2.05) is 61.5 Å². The minimum atomic E-state index is -0.304. The molecule has 0 aliphatic heterocycles. The minimum absolute atomic E-state index is 0.250. The minimum Gasteiger partial charge on any atom is -0.464 e. The summed E-state index contributed by atoms with van der Waals surface area (Å²) in [5.41, 5.74) is 1.58. The molecule has 0 unspecified atom stereocenters. The number of fused-ring (bicyclic) bond motifs is 1. The van der Waals surface area contributed by atoms with Crippen molar-refractivity contribution in [2.24, 2.45) is 0 Å². The Morgan fingerprint density at radius 2 is 1.69 bits per heavy atom. The van der Waals surface area contributed by atoms with Crippen LogP contribution in [-0.2, 0) is 13.1 Å². The zero-order chi connectivity index (χ0) is 20.2. The van der Waals surface area contributed by atoms with Gasteiger partial charge in [-0.1, -0.05) is 48.5 Å². The number of carbonyl (C=O) groups excluding carboxylic acids is 1. The lowest BCUT2D eigenvalue weighted by Crippen LogP contribution is -2.34. The molecular formula is C24H21FN2O2. The van der Waals surface area contributed by atoms with E-state index in [1.165, 1.54) is 12.1 Å². The predicted molar refractivity (Wildman–Crippen MR) is 112 cm³/mol. The molecule has 1 aromatic heterocycles. The summed E-state index contributed by atoms with van der Waals surface area (Å²) in [4.78, 5) is 14.8. The molecule has 146 valence electrons. The van der Waals surface area contributed by atoms with E-state index in [9.17, 15) is 9.18 Å². The number of anilines is 1. The van der Waals surface area contributed by atoms with Gasteiger partial charge in [0.15, 0.2) is 0 Å². The number of amides is 2. The topological polar surface area (TPSA) is 45.5 Å². The van der Waals surface area contributed by atoms with Crippen molar-refractivity contribution < 1.29 is 13.6 Å². The van der Waals surface area contributed by atoms with Gasteiger partial charge in [-0.2, -0.15) is 0 Å². The van der Waals surface area contributed by atoms with Crippen molar-refractivity contribution in [1.29, 1.82) is 0 Å². The summed E-state index contributed by atoms with van der Waals surface area (Å²) >= 11 is 0. The molecular weight excluding hydrogens is 367 g/mol. The second-order valence-electron chi connectivity index (χ2n) is 6.95. The molecule has 29 heavy (non-hydrogen) atoms. The first-order valence-corrected chi connectivity index (χ1v) is 9.42. The van der Waals surface area contributed by atoms with E-state index in [0.717, 1.165) is 27.8 Å². The largest absolute Gasteiger partial charge is 0.464 e. The number of urea groups is 1. The summed E-state index contributed by atoms with van der Waals surface area (Å²) in [5.74, 6) is 1.18. The van der Waals surface area contributed by atoms with Crippen LogP contribution < -0.4 is 5.32 Å².